The number of pyridine rings is 1. The van der Waals surface area contributed by atoms with Crippen molar-refractivity contribution in [1.82, 2.24) is 4.98 Å². The van der Waals surface area contributed by atoms with E-state index >= 15 is 0 Å². The summed E-state index contributed by atoms with van der Waals surface area (Å²) in [6, 6.07) is 6.38. The highest BCUT2D eigenvalue weighted by Gasteiger charge is 2.06. The second-order valence-corrected chi connectivity index (χ2v) is 4.22. The predicted molar refractivity (Wildman–Crippen MR) is 64.9 cm³/mol. The molecule has 0 radical (unpaired) electrons. The number of halogens is 4. The Morgan fingerprint density at radius 1 is 1.06 bits per heavy atom. The van der Waals surface area contributed by atoms with Crippen LogP contribution >= 0.6 is 23.2 Å². The lowest BCUT2D eigenvalue weighted by Crippen LogP contribution is -2.00. The van der Waals surface area contributed by atoms with Crippen LogP contribution in [0.1, 0.15) is 5.69 Å². The first-order valence-corrected chi connectivity index (χ1v) is 5.70. The summed E-state index contributed by atoms with van der Waals surface area (Å²) in [5, 5.41) is 0.672. The van der Waals surface area contributed by atoms with Gasteiger partial charge in [0, 0.05) is 6.07 Å². The zero-order chi connectivity index (χ0) is 13.1. The molecule has 0 atom stereocenters. The fraction of sp³-hybridized carbons (Fsp3) is 0.0833. The second-order valence-electron chi connectivity index (χ2n) is 3.43. The zero-order valence-corrected chi connectivity index (χ0v) is 10.5. The van der Waals surface area contributed by atoms with E-state index in [0.29, 0.717) is 10.7 Å². The number of benzene rings is 1. The molecular weight excluding hydrogens is 283 g/mol. The topological polar surface area (TPSA) is 22.1 Å². The molecule has 0 amide bonds. The highest BCUT2D eigenvalue weighted by atomic mass is 35.5. The fourth-order valence-electron chi connectivity index (χ4n) is 1.28. The molecule has 0 saturated carbocycles. The minimum absolute atomic E-state index is 0.0183. The summed E-state index contributed by atoms with van der Waals surface area (Å²) in [6.45, 7) is 0.0183. The molecule has 2 rings (SSSR count). The molecule has 0 N–H and O–H groups in total. The average Bonchev–Trinajstić information content (AvgIpc) is 2.34. The monoisotopic (exact) mass is 289 g/mol. The molecular formula is C12H7Cl2F2NO. The smallest absolute Gasteiger partial charge is 0.162 e. The van der Waals surface area contributed by atoms with E-state index in [1.54, 1.807) is 12.1 Å². The molecule has 1 aromatic heterocycles. The molecule has 2 nitrogen and oxygen atoms in total. The van der Waals surface area contributed by atoms with Gasteiger partial charge in [-0.05, 0) is 24.3 Å². The number of rotatable bonds is 3. The minimum atomic E-state index is -0.974. The number of ether oxygens (including phenoxy) is 1. The molecule has 18 heavy (non-hydrogen) atoms. The second kappa shape index (κ2) is 5.50. The zero-order valence-electron chi connectivity index (χ0n) is 8.96. The van der Waals surface area contributed by atoms with Gasteiger partial charge in [0.2, 0.25) is 0 Å². The lowest BCUT2D eigenvalue weighted by atomic mass is 10.3. The highest BCUT2D eigenvalue weighted by Crippen LogP contribution is 2.20. The van der Waals surface area contributed by atoms with Gasteiger partial charge in [0.15, 0.2) is 11.6 Å². The number of hydrogen-bond acceptors (Lipinski definition) is 2. The van der Waals surface area contributed by atoms with Crippen LogP contribution in [0.2, 0.25) is 10.2 Å². The van der Waals surface area contributed by atoms with Gasteiger partial charge in [0.05, 0.1) is 10.7 Å². The molecule has 2 aromatic rings. The Morgan fingerprint density at radius 2 is 1.83 bits per heavy atom. The summed E-state index contributed by atoms with van der Waals surface area (Å²) in [7, 11) is 0. The number of hydrogen-bond donors (Lipinski definition) is 0. The standard InChI is InChI=1S/C12H7Cl2F2NO/c13-8-2-4-12(14)17-11(8)6-18-7-1-3-9(15)10(16)5-7/h1-5H,6H2. The molecule has 0 fully saturated rings. The van der Waals surface area contributed by atoms with Crippen molar-refractivity contribution in [2.75, 3.05) is 0 Å². The quantitative estimate of drug-likeness (QED) is 0.788. The summed E-state index contributed by atoms with van der Waals surface area (Å²) in [6.07, 6.45) is 0. The van der Waals surface area contributed by atoms with Crippen LogP contribution in [0.15, 0.2) is 30.3 Å². The van der Waals surface area contributed by atoms with Crippen molar-refractivity contribution < 1.29 is 13.5 Å². The van der Waals surface area contributed by atoms with Gasteiger partial charge in [0.25, 0.3) is 0 Å². The third-order valence-electron chi connectivity index (χ3n) is 2.15. The van der Waals surface area contributed by atoms with E-state index in [4.69, 9.17) is 27.9 Å². The van der Waals surface area contributed by atoms with Crippen molar-refractivity contribution >= 4 is 23.2 Å². The molecule has 0 aliphatic carbocycles. The predicted octanol–water partition coefficient (Wildman–Crippen LogP) is 4.25. The first-order chi connectivity index (χ1) is 8.56. The number of nitrogens with zero attached hydrogens (tertiary/aromatic N) is 1. The van der Waals surface area contributed by atoms with Crippen molar-refractivity contribution in [3.8, 4) is 5.75 Å². The molecule has 0 saturated heterocycles. The van der Waals surface area contributed by atoms with Gasteiger partial charge in [-0.1, -0.05) is 23.2 Å². The van der Waals surface area contributed by atoms with E-state index in [2.05, 4.69) is 4.98 Å². The van der Waals surface area contributed by atoms with Crippen LogP contribution in [-0.2, 0) is 6.61 Å². The summed E-state index contributed by atoms with van der Waals surface area (Å²) in [5.74, 6) is -1.72. The Balaban J connectivity index is 2.11. The molecule has 0 unspecified atom stereocenters. The van der Waals surface area contributed by atoms with Crippen LogP contribution in [0.25, 0.3) is 0 Å². The third kappa shape index (κ3) is 3.09. The average molecular weight is 290 g/mol. The lowest BCUT2D eigenvalue weighted by Gasteiger charge is -2.07. The maximum Gasteiger partial charge on any atom is 0.162 e. The first-order valence-electron chi connectivity index (χ1n) is 4.95. The Kier molecular flexibility index (Phi) is 3.99. The van der Waals surface area contributed by atoms with Gasteiger partial charge in [0.1, 0.15) is 17.5 Å². The fourth-order valence-corrected chi connectivity index (χ4v) is 1.60. The lowest BCUT2D eigenvalue weighted by molar-refractivity contribution is 0.298. The van der Waals surface area contributed by atoms with Crippen molar-refractivity contribution in [2.45, 2.75) is 6.61 Å². The van der Waals surface area contributed by atoms with Crippen LogP contribution in [0.5, 0.6) is 5.75 Å². The summed E-state index contributed by atoms with van der Waals surface area (Å²) < 4.78 is 30.9. The van der Waals surface area contributed by atoms with Crippen molar-refractivity contribution in [3.05, 3.63) is 57.8 Å². The van der Waals surface area contributed by atoms with Gasteiger partial charge in [-0.2, -0.15) is 0 Å². The van der Waals surface area contributed by atoms with Gasteiger partial charge in [-0.3, -0.25) is 0 Å². The molecule has 0 bridgehead atoms. The Labute approximate surface area is 112 Å². The van der Waals surface area contributed by atoms with Gasteiger partial charge >= 0.3 is 0 Å². The van der Waals surface area contributed by atoms with E-state index in [-0.39, 0.29) is 17.5 Å². The van der Waals surface area contributed by atoms with E-state index < -0.39 is 11.6 Å². The molecule has 94 valence electrons. The molecule has 0 aliphatic rings. The van der Waals surface area contributed by atoms with Crippen LogP contribution in [0.4, 0.5) is 8.78 Å². The molecule has 0 aliphatic heterocycles. The molecule has 1 heterocycles. The summed E-state index contributed by atoms with van der Waals surface area (Å²) in [5.41, 5.74) is 0.425. The normalized spacial score (nSPS) is 10.4. The summed E-state index contributed by atoms with van der Waals surface area (Å²) in [4.78, 5) is 3.97. The van der Waals surface area contributed by atoms with Crippen LogP contribution in [0, 0.1) is 11.6 Å². The molecule has 6 heteroatoms. The maximum atomic E-state index is 12.9. The third-order valence-corrected chi connectivity index (χ3v) is 2.71. The van der Waals surface area contributed by atoms with Crippen LogP contribution in [-0.4, -0.2) is 4.98 Å². The SMILES string of the molecule is Fc1ccc(OCc2nc(Cl)ccc2Cl)cc1F. The molecule has 0 spiro atoms. The summed E-state index contributed by atoms with van der Waals surface area (Å²) >= 11 is 11.6. The van der Waals surface area contributed by atoms with Crippen molar-refractivity contribution in [2.24, 2.45) is 0 Å². The highest BCUT2D eigenvalue weighted by molar-refractivity contribution is 6.32. The van der Waals surface area contributed by atoms with Gasteiger partial charge < -0.3 is 4.74 Å². The van der Waals surface area contributed by atoms with Crippen LogP contribution < -0.4 is 4.74 Å². The van der Waals surface area contributed by atoms with E-state index in [1.807, 2.05) is 0 Å². The largest absolute Gasteiger partial charge is 0.487 e. The van der Waals surface area contributed by atoms with Crippen LogP contribution in [0.3, 0.4) is 0 Å². The van der Waals surface area contributed by atoms with E-state index in [0.717, 1.165) is 12.1 Å². The Morgan fingerprint density at radius 3 is 2.56 bits per heavy atom. The van der Waals surface area contributed by atoms with Crippen molar-refractivity contribution in [3.63, 3.8) is 0 Å². The Hall–Kier alpha value is -1.39. The van der Waals surface area contributed by atoms with Crippen molar-refractivity contribution in [1.29, 1.82) is 0 Å². The maximum absolute atomic E-state index is 12.9. The van der Waals surface area contributed by atoms with E-state index in [1.165, 1.54) is 6.07 Å². The van der Waals surface area contributed by atoms with E-state index in [9.17, 15) is 8.78 Å². The van der Waals surface area contributed by atoms with Gasteiger partial charge in [-0.25, -0.2) is 13.8 Å². The van der Waals surface area contributed by atoms with Gasteiger partial charge in [-0.15, -0.1) is 0 Å². The number of aromatic nitrogens is 1. The minimum Gasteiger partial charge on any atom is -0.487 e. The Bertz CT molecular complexity index is 578. The first kappa shape index (κ1) is 13.1. The molecule has 1 aromatic carbocycles.